The number of fused-ring (bicyclic) bond motifs is 4. The number of nitrogens with zero attached hydrogens (tertiary/aromatic N) is 4. The van der Waals surface area contributed by atoms with Gasteiger partial charge in [-0.3, -0.25) is 14.9 Å². The minimum absolute atomic E-state index is 0.0115. The van der Waals surface area contributed by atoms with Gasteiger partial charge in [0.25, 0.3) is 11.8 Å². The smallest absolute Gasteiger partial charge is 0.416 e. The Morgan fingerprint density at radius 2 is 1.07 bits per heavy atom. The molecular formula is C72H90N6O28. The first-order valence-electron chi connectivity index (χ1n) is 34.2. The highest BCUT2D eigenvalue weighted by Crippen LogP contribution is 2.45. The number of hydrogen-bond acceptors (Lipinski definition) is 28. The van der Waals surface area contributed by atoms with E-state index in [4.69, 9.17) is 62.6 Å². The molecule has 13 atom stereocenters. The lowest BCUT2D eigenvalue weighted by atomic mass is 9.99. The van der Waals surface area contributed by atoms with Crippen molar-refractivity contribution >= 4 is 53.3 Å². The van der Waals surface area contributed by atoms with Crippen LogP contribution in [0.2, 0.25) is 0 Å². The summed E-state index contributed by atoms with van der Waals surface area (Å²) in [5, 5.41) is 101. The van der Waals surface area contributed by atoms with Crippen LogP contribution in [0.4, 0.5) is 21.0 Å². The maximum absolute atomic E-state index is 14.7. The van der Waals surface area contributed by atoms with Crippen LogP contribution in [0.3, 0.4) is 0 Å². The molecule has 4 aromatic carbocycles. The molecule has 106 heavy (non-hydrogen) atoms. The minimum atomic E-state index is -1.72. The van der Waals surface area contributed by atoms with Crippen molar-refractivity contribution in [3.05, 3.63) is 118 Å². The zero-order valence-corrected chi connectivity index (χ0v) is 59.4. The van der Waals surface area contributed by atoms with Crippen LogP contribution in [0.5, 0.6) is 34.5 Å². The molecule has 6 aliphatic rings. The Balaban J connectivity index is 0.825. The summed E-state index contributed by atoms with van der Waals surface area (Å²) in [6.45, 7) is 14.4. The van der Waals surface area contributed by atoms with Gasteiger partial charge in [0.15, 0.2) is 47.7 Å². The minimum Gasteiger partial charge on any atom is -0.493 e. The topological polar surface area (TPSA) is 463 Å². The molecule has 0 aromatic heterocycles. The maximum atomic E-state index is 14.7. The third kappa shape index (κ3) is 17.8. The second-order valence-corrected chi connectivity index (χ2v) is 27.7. The lowest BCUT2D eigenvalue weighted by Gasteiger charge is -2.36. The molecule has 3 unspecified atom stereocenters. The summed E-state index contributed by atoms with van der Waals surface area (Å²) in [4.78, 5) is 99.3. The quantitative estimate of drug-likeness (QED) is 0.0127. The number of anilines is 2. The summed E-state index contributed by atoms with van der Waals surface area (Å²) >= 11 is 0. The molecule has 0 radical (unpaired) electrons. The summed E-state index contributed by atoms with van der Waals surface area (Å²) in [6, 6.07) is 11.7. The van der Waals surface area contributed by atoms with E-state index in [-0.39, 0.29) is 125 Å². The van der Waals surface area contributed by atoms with Gasteiger partial charge in [0.1, 0.15) is 54.4 Å². The number of amides is 4. The fourth-order valence-corrected chi connectivity index (χ4v) is 13.1. The number of hydrogen-bond donors (Lipinski definition) is 11. The fraction of sp³-hybridized carbons (Fsp3) is 0.514. The second-order valence-electron chi connectivity index (χ2n) is 27.7. The average molecular weight is 1490 g/mol. The number of methoxy groups -OCH3 is 3. The number of aliphatic carboxylic acids is 2. The lowest BCUT2D eigenvalue weighted by molar-refractivity contribution is -0.238. The number of carbonyl (C=O) groups is 7. The molecule has 12 N–H and O–H groups in total. The third-order valence-electron chi connectivity index (χ3n) is 18.7. The molecule has 0 bridgehead atoms. The van der Waals surface area contributed by atoms with Gasteiger partial charge >= 0.3 is 30.1 Å². The van der Waals surface area contributed by atoms with E-state index in [2.05, 4.69) is 18.5 Å². The lowest BCUT2D eigenvalue weighted by Crippen LogP contribution is -2.53. The molecule has 6 heterocycles. The predicted molar refractivity (Wildman–Crippen MR) is 368 cm³/mol. The van der Waals surface area contributed by atoms with Gasteiger partial charge in [0, 0.05) is 49.2 Å². The van der Waals surface area contributed by atoms with Gasteiger partial charge in [-0.15, -0.1) is 0 Å². The molecule has 10 rings (SSSR count). The van der Waals surface area contributed by atoms with Crippen LogP contribution in [-0.4, -0.2) is 237 Å². The summed E-state index contributed by atoms with van der Waals surface area (Å²) in [5.41, 5.74) is 5.38. The normalized spacial score (nSPS) is 24.7. The van der Waals surface area contributed by atoms with E-state index >= 15 is 0 Å². The number of aliphatic hydroxyl groups is 7. The monoisotopic (exact) mass is 1490 g/mol. The van der Waals surface area contributed by atoms with E-state index in [0.717, 1.165) is 16.9 Å². The first kappa shape index (κ1) is 79.1. The molecule has 0 aliphatic carbocycles. The number of unbranched alkanes of at least 4 members (excludes halogenated alkanes) is 2. The van der Waals surface area contributed by atoms with E-state index < -0.39 is 159 Å². The third-order valence-corrected chi connectivity index (χ3v) is 18.7. The van der Waals surface area contributed by atoms with Gasteiger partial charge in [0.2, 0.25) is 12.6 Å². The summed E-state index contributed by atoms with van der Waals surface area (Å²) in [6.07, 6.45) is -19.2. The van der Waals surface area contributed by atoms with Gasteiger partial charge < -0.3 is 118 Å². The highest BCUT2D eigenvalue weighted by Gasteiger charge is 2.50. The Hall–Kier alpha value is -9.43. The molecule has 4 fully saturated rings. The Morgan fingerprint density at radius 3 is 1.51 bits per heavy atom. The Morgan fingerprint density at radius 1 is 0.613 bits per heavy atom. The molecular weight excluding hydrogens is 1400 g/mol. The number of ether oxygens (including phenoxy) is 12. The molecule has 4 amide bonds. The predicted octanol–water partition coefficient (Wildman–Crippen LogP) is 3.67. The second kappa shape index (κ2) is 33.2. The van der Waals surface area contributed by atoms with Gasteiger partial charge in [0.05, 0.1) is 87.9 Å². The number of carboxylic acid groups (broad SMARTS) is 2. The van der Waals surface area contributed by atoms with Gasteiger partial charge in [-0.1, -0.05) is 36.4 Å². The van der Waals surface area contributed by atoms with E-state index in [1.165, 1.54) is 84.7 Å². The van der Waals surface area contributed by atoms with E-state index in [0.29, 0.717) is 36.8 Å². The zero-order valence-electron chi connectivity index (χ0n) is 59.4. The molecule has 34 nitrogen and oxygen atoms in total. The molecule has 4 saturated heterocycles. The Labute approximate surface area is 608 Å². The molecule has 4 aromatic rings. The molecule has 6 aliphatic heterocycles. The highest BCUT2D eigenvalue weighted by molar-refractivity contribution is 6.07. The van der Waals surface area contributed by atoms with Crippen LogP contribution in [0, 0.1) is 0 Å². The summed E-state index contributed by atoms with van der Waals surface area (Å²) < 4.78 is 68.9. The van der Waals surface area contributed by atoms with Gasteiger partial charge in [-0.25, -0.2) is 33.8 Å². The number of esters is 1. The van der Waals surface area contributed by atoms with Crippen molar-refractivity contribution in [3.8, 4) is 34.5 Å². The van der Waals surface area contributed by atoms with Crippen molar-refractivity contribution in [1.82, 2.24) is 15.1 Å². The highest BCUT2D eigenvalue weighted by atomic mass is 16.7. The Bertz CT molecular complexity index is 3980. The van der Waals surface area contributed by atoms with Crippen LogP contribution >= 0.6 is 0 Å². The van der Waals surface area contributed by atoms with Crippen molar-refractivity contribution < 1.29 is 136 Å². The number of rotatable bonds is 28. The number of carboxylic acids is 2. The van der Waals surface area contributed by atoms with Crippen molar-refractivity contribution in [2.24, 2.45) is 5.73 Å². The number of nitrogens with one attached hydrogen (secondary N) is 1. The number of aliphatic hydroxyl groups excluding tert-OH is 7. The summed E-state index contributed by atoms with van der Waals surface area (Å²) in [7, 11) is 3.80. The standard InChI is InChI=1S/C72H90N6O28/c1-35-21-45-62(86)77(69(93)100-33-37-13-15-49(103-67-57(81)47(79)29-55(105-67)64(88)89)41(23-37)59(83)74-71(3,4)17-20-102-72(5,6)73)43-27-53(51(95-7)25-39(43)60(84)75(45)31-35)98-18-11-10-12-19-99-54-28-44-40(26-52(54)96-8)61(85)76-32-36(2)22-46(76)63(87)78(44)70(94)101-34-38-14-16-50(42(24-38)66(92)97-9)104-68-58(82)48(80)30-56(106-68)65(90)91/h13-16,23-28,45-48,55-59,62-63,67-68,74,79-83,86-87H,1-2,10-12,17-22,29-34,73H2,3-9H3,(H,88,89)(H,90,91)/t45-,46-,47-,48-,55-,56-,57+,58+,59?,62?,63?,67+,68+/m0/s1. The average Bonchev–Trinajstić information content (AvgIpc) is 1.60. The SMILES string of the molecule is C=C1C[C@H]2C(O)N(C(=O)OCc3ccc(O[C@@H]4O[C@H](C(=O)O)C[C@H](O)[C@H]4O)c(C(=O)OC)c3)c3cc(OCCCCCOc4cc5c(cc4OC)C(=O)N4CC(=C)C[C@H]4C(O)N5C(=O)OCc4ccc(O[C@@H]5O[C@H](C(=O)O)C[C@H](O)[C@H]5O)c(C(O)NC(C)(C)CCOC(C)(C)N)c4)c(OC)cc3C(=O)N2C1. The van der Waals surface area contributed by atoms with Crippen molar-refractivity contribution in [2.45, 2.75) is 184 Å². The molecule has 0 spiro atoms. The Kier molecular flexibility index (Phi) is 24.8. The van der Waals surface area contributed by atoms with Crippen LogP contribution in [0.1, 0.15) is 133 Å². The van der Waals surface area contributed by atoms with E-state index in [1.54, 1.807) is 27.7 Å². The zero-order chi connectivity index (χ0) is 77.0. The van der Waals surface area contributed by atoms with Crippen LogP contribution in [0.15, 0.2) is 85.0 Å². The fourth-order valence-electron chi connectivity index (χ4n) is 13.1. The van der Waals surface area contributed by atoms with Crippen molar-refractivity contribution in [2.75, 3.05) is 64.0 Å². The van der Waals surface area contributed by atoms with Gasteiger partial charge in [-0.05, 0) is 114 Å². The van der Waals surface area contributed by atoms with Gasteiger partial charge in [-0.2, -0.15) is 0 Å². The maximum Gasteiger partial charge on any atom is 0.416 e. The summed E-state index contributed by atoms with van der Waals surface area (Å²) in [5.74, 6) is -4.85. The first-order chi connectivity index (χ1) is 50.2. The van der Waals surface area contributed by atoms with E-state index in [9.17, 15) is 79.5 Å². The van der Waals surface area contributed by atoms with Crippen molar-refractivity contribution in [3.63, 3.8) is 0 Å². The molecule has 0 saturated carbocycles. The number of nitrogens with two attached hydrogens (primary N) is 1. The van der Waals surface area contributed by atoms with Crippen LogP contribution in [0.25, 0.3) is 0 Å². The number of carbonyl (C=O) groups excluding carboxylic acids is 5. The van der Waals surface area contributed by atoms with E-state index in [1.807, 2.05) is 0 Å². The first-order valence-corrected chi connectivity index (χ1v) is 34.2. The van der Waals surface area contributed by atoms with Crippen LogP contribution in [-0.2, 0) is 51.2 Å². The van der Waals surface area contributed by atoms with Crippen molar-refractivity contribution in [1.29, 1.82) is 0 Å². The molecule has 34 heteroatoms. The van der Waals surface area contributed by atoms with Crippen LogP contribution < -0.4 is 49.3 Å². The number of benzene rings is 4. The largest absolute Gasteiger partial charge is 0.493 e. The molecule has 576 valence electrons.